The number of nitrogens with one attached hydrogen (secondary N) is 1. The Kier molecular flexibility index (Phi) is 3.51. The number of hydrogen-bond donors (Lipinski definition) is 2. The minimum atomic E-state index is 0.0450. The highest BCUT2D eigenvalue weighted by atomic mass is 32.2. The zero-order valence-electron chi connectivity index (χ0n) is 11.5. The highest BCUT2D eigenvalue weighted by Crippen LogP contribution is 2.30. The van der Waals surface area contributed by atoms with Crippen LogP contribution in [0.2, 0.25) is 0 Å². The van der Waals surface area contributed by atoms with E-state index in [2.05, 4.69) is 29.0 Å². The Labute approximate surface area is 122 Å². The van der Waals surface area contributed by atoms with Crippen LogP contribution in [-0.4, -0.2) is 15.1 Å². The second-order valence-corrected chi connectivity index (χ2v) is 5.96. The molecule has 0 atom stereocenters. The molecule has 1 aromatic heterocycles. The first-order valence-corrected chi connectivity index (χ1v) is 7.32. The molecule has 2 N–H and O–H groups in total. The monoisotopic (exact) mass is 284 g/mol. The Bertz CT molecular complexity index is 764. The Morgan fingerprint density at radius 2 is 1.85 bits per heavy atom. The normalized spacial score (nSPS) is 11.2. The van der Waals surface area contributed by atoms with Gasteiger partial charge in [0.15, 0.2) is 5.16 Å². The molecule has 0 spiro atoms. The third-order valence-corrected chi connectivity index (χ3v) is 4.21. The SMILES string of the molecule is Cc1ccc(Sc2nc3ccc(C)cc3[nH]2)c(CO)c1. The van der Waals surface area contributed by atoms with Crippen molar-refractivity contribution in [3.63, 3.8) is 0 Å². The first kappa shape index (κ1) is 13.2. The molecule has 20 heavy (non-hydrogen) atoms. The minimum Gasteiger partial charge on any atom is -0.392 e. The number of aromatic nitrogens is 2. The van der Waals surface area contributed by atoms with Gasteiger partial charge in [-0.2, -0.15) is 0 Å². The summed E-state index contributed by atoms with van der Waals surface area (Å²) in [5.41, 5.74) is 5.32. The molecular formula is C16H16N2OS. The molecule has 102 valence electrons. The number of aliphatic hydroxyl groups is 1. The third-order valence-electron chi connectivity index (χ3n) is 3.21. The van der Waals surface area contributed by atoms with Crippen molar-refractivity contribution < 1.29 is 5.11 Å². The summed E-state index contributed by atoms with van der Waals surface area (Å²) in [6.45, 7) is 4.14. The summed E-state index contributed by atoms with van der Waals surface area (Å²) in [4.78, 5) is 8.93. The molecule has 0 unspecified atom stereocenters. The predicted octanol–water partition coefficient (Wildman–Crippen LogP) is 3.82. The van der Waals surface area contributed by atoms with Crippen molar-refractivity contribution in [2.24, 2.45) is 0 Å². The highest BCUT2D eigenvalue weighted by molar-refractivity contribution is 7.99. The Morgan fingerprint density at radius 1 is 1.10 bits per heavy atom. The standard InChI is InChI=1S/C16H16N2OS/c1-10-4-6-15(12(7-10)9-19)20-16-17-13-5-3-11(2)8-14(13)18-16/h3-8,19H,9H2,1-2H3,(H,17,18). The largest absolute Gasteiger partial charge is 0.392 e. The van der Waals surface area contributed by atoms with E-state index in [9.17, 15) is 5.11 Å². The van der Waals surface area contributed by atoms with E-state index < -0.39 is 0 Å². The molecule has 0 aliphatic rings. The van der Waals surface area contributed by atoms with Crippen LogP contribution in [0.25, 0.3) is 11.0 Å². The van der Waals surface area contributed by atoms with Crippen LogP contribution in [0.4, 0.5) is 0 Å². The van der Waals surface area contributed by atoms with E-state index in [0.29, 0.717) is 0 Å². The lowest BCUT2D eigenvalue weighted by molar-refractivity contribution is 0.279. The van der Waals surface area contributed by atoms with Gasteiger partial charge in [0.1, 0.15) is 0 Å². The number of fused-ring (bicyclic) bond motifs is 1. The molecule has 0 amide bonds. The molecular weight excluding hydrogens is 268 g/mol. The van der Waals surface area contributed by atoms with Gasteiger partial charge in [0.2, 0.25) is 0 Å². The van der Waals surface area contributed by atoms with E-state index in [0.717, 1.165) is 32.2 Å². The Morgan fingerprint density at radius 3 is 2.65 bits per heavy atom. The topological polar surface area (TPSA) is 48.9 Å². The lowest BCUT2D eigenvalue weighted by Gasteiger charge is -2.06. The fourth-order valence-corrected chi connectivity index (χ4v) is 3.09. The summed E-state index contributed by atoms with van der Waals surface area (Å²) in [5.74, 6) is 0. The molecule has 3 rings (SSSR count). The van der Waals surface area contributed by atoms with Gasteiger partial charge in [0, 0.05) is 4.90 Å². The molecule has 3 nitrogen and oxygen atoms in total. The summed E-state index contributed by atoms with van der Waals surface area (Å²) < 4.78 is 0. The van der Waals surface area contributed by atoms with Crippen molar-refractivity contribution in [3.8, 4) is 0 Å². The lowest BCUT2D eigenvalue weighted by Crippen LogP contribution is -1.89. The average molecular weight is 284 g/mol. The predicted molar refractivity (Wildman–Crippen MR) is 82.1 cm³/mol. The Hall–Kier alpha value is -1.78. The van der Waals surface area contributed by atoms with Crippen LogP contribution in [-0.2, 0) is 6.61 Å². The van der Waals surface area contributed by atoms with Crippen LogP contribution >= 0.6 is 11.8 Å². The van der Waals surface area contributed by atoms with Crippen molar-refractivity contribution in [3.05, 3.63) is 53.1 Å². The Balaban J connectivity index is 1.96. The van der Waals surface area contributed by atoms with E-state index in [1.807, 2.05) is 31.2 Å². The molecule has 2 aromatic carbocycles. The summed E-state index contributed by atoms with van der Waals surface area (Å²) >= 11 is 1.55. The molecule has 0 saturated heterocycles. The van der Waals surface area contributed by atoms with E-state index in [4.69, 9.17) is 0 Å². The summed E-state index contributed by atoms with van der Waals surface area (Å²) in [7, 11) is 0. The quantitative estimate of drug-likeness (QED) is 0.768. The molecule has 4 heteroatoms. The first-order chi connectivity index (χ1) is 9.65. The van der Waals surface area contributed by atoms with Crippen molar-refractivity contribution in [1.82, 2.24) is 9.97 Å². The van der Waals surface area contributed by atoms with Gasteiger partial charge in [-0.3, -0.25) is 0 Å². The van der Waals surface area contributed by atoms with Crippen LogP contribution in [0, 0.1) is 13.8 Å². The second kappa shape index (κ2) is 5.31. The zero-order valence-corrected chi connectivity index (χ0v) is 12.3. The number of aryl methyl sites for hydroxylation is 2. The number of imidazole rings is 1. The van der Waals surface area contributed by atoms with Gasteiger partial charge >= 0.3 is 0 Å². The lowest BCUT2D eigenvalue weighted by atomic mass is 10.1. The molecule has 0 aliphatic heterocycles. The van der Waals surface area contributed by atoms with E-state index in [1.54, 1.807) is 11.8 Å². The number of nitrogens with zero attached hydrogens (tertiary/aromatic N) is 1. The number of aliphatic hydroxyl groups excluding tert-OH is 1. The second-order valence-electron chi connectivity index (χ2n) is 4.93. The maximum absolute atomic E-state index is 9.45. The molecule has 0 radical (unpaired) electrons. The fraction of sp³-hybridized carbons (Fsp3) is 0.188. The molecule has 0 bridgehead atoms. The fourth-order valence-electron chi connectivity index (χ4n) is 2.18. The molecule has 0 fully saturated rings. The van der Waals surface area contributed by atoms with Crippen LogP contribution in [0.5, 0.6) is 0 Å². The van der Waals surface area contributed by atoms with Gasteiger partial charge in [-0.05, 0) is 43.2 Å². The molecule has 0 aliphatic carbocycles. The number of aromatic amines is 1. The average Bonchev–Trinajstić information content (AvgIpc) is 2.82. The maximum Gasteiger partial charge on any atom is 0.171 e. The van der Waals surface area contributed by atoms with Crippen LogP contribution < -0.4 is 0 Å². The molecule has 0 saturated carbocycles. The molecule has 3 aromatic rings. The van der Waals surface area contributed by atoms with Gasteiger partial charge < -0.3 is 10.1 Å². The van der Waals surface area contributed by atoms with Crippen LogP contribution in [0.3, 0.4) is 0 Å². The third kappa shape index (κ3) is 2.57. The highest BCUT2D eigenvalue weighted by Gasteiger charge is 2.08. The number of benzene rings is 2. The van der Waals surface area contributed by atoms with Crippen molar-refractivity contribution >= 4 is 22.8 Å². The van der Waals surface area contributed by atoms with Gasteiger partial charge in [-0.1, -0.05) is 35.5 Å². The van der Waals surface area contributed by atoms with E-state index in [-0.39, 0.29) is 6.61 Å². The van der Waals surface area contributed by atoms with E-state index in [1.165, 1.54) is 5.56 Å². The van der Waals surface area contributed by atoms with Crippen molar-refractivity contribution in [2.45, 2.75) is 30.5 Å². The number of rotatable bonds is 3. The zero-order chi connectivity index (χ0) is 14.1. The van der Waals surface area contributed by atoms with Gasteiger partial charge in [-0.15, -0.1) is 0 Å². The number of hydrogen-bond acceptors (Lipinski definition) is 3. The first-order valence-electron chi connectivity index (χ1n) is 6.50. The van der Waals surface area contributed by atoms with Crippen molar-refractivity contribution in [2.75, 3.05) is 0 Å². The summed E-state index contributed by atoms with van der Waals surface area (Å²) in [6, 6.07) is 12.3. The smallest absolute Gasteiger partial charge is 0.171 e. The van der Waals surface area contributed by atoms with Crippen LogP contribution in [0.15, 0.2) is 46.5 Å². The van der Waals surface area contributed by atoms with E-state index >= 15 is 0 Å². The van der Waals surface area contributed by atoms with Crippen LogP contribution in [0.1, 0.15) is 16.7 Å². The minimum absolute atomic E-state index is 0.0450. The molecule has 1 heterocycles. The number of H-pyrrole nitrogens is 1. The van der Waals surface area contributed by atoms with Gasteiger partial charge in [-0.25, -0.2) is 4.98 Å². The maximum atomic E-state index is 9.45. The van der Waals surface area contributed by atoms with Gasteiger partial charge in [0.25, 0.3) is 0 Å². The van der Waals surface area contributed by atoms with Crippen molar-refractivity contribution in [1.29, 1.82) is 0 Å². The summed E-state index contributed by atoms with van der Waals surface area (Å²) in [6.07, 6.45) is 0. The summed E-state index contributed by atoms with van der Waals surface area (Å²) in [5, 5.41) is 10.3. The van der Waals surface area contributed by atoms with Gasteiger partial charge in [0.05, 0.1) is 17.6 Å².